The minimum Gasteiger partial charge on any atom is -0.395 e. The van der Waals surface area contributed by atoms with Gasteiger partial charge >= 0.3 is 12.3 Å². The van der Waals surface area contributed by atoms with Crippen molar-refractivity contribution in [3.8, 4) is 11.5 Å². The Bertz CT molecular complexity index is 906. The van der Waals surface area contributed by atoms with Crippen LogP contribution in [0.3, 0.4) is 0 Å². The number of benzene rings is 2. The van der Waals surface area contributed by atoms with Crippen molar-refractivity contribution in [1.29, 1.82) is 0 Å². The van der Waals surface area contributed by atoms with Crippen LogP contribution in [0, 0.1) is 10.1 Å². The number of nitro groups is 1. The summed E-state index contributed by atoms with van der Waals surface area (Å²) in [5.74, 6) is -0.316. The van der Waals surface area contributed by atoms with Gasteiger partial charge in [-0.2, -0.15) is 0 Å². The molecule has 142 valence electrons. The maximum Gasteiger partial charge on any atom is 0.586 e. The lowest BCUT2D eigenvalue weighted by atomic mass is 10.1. The van der Waals surface area contributed by atoms with Crippen LogP contribution in [0.25, 0.3) is 0 Å². The molecule has 0 saturated heterocycles. The molecule has 0 radical (unpaired) electrons. The van der Waals surface area contributed by atoms with E-state index in [1.165, 1.54) is 48.3 Å². The predicted octanol–water partition coefficient (Wildman–Crippen LogP) is 4.14. The number of non-ortho nitro benzene ring substituents is 1. The smallest absolute Gasteiger partial charge is 0.395 e. The van der Waals surface area contributed by atoms with Crippen LogP contribution < -0.4 is 14.8 Å². The van der Waals surface area contributed by atoms with Crippen molar-refractivity contribution in [3.05, 3.63) is 58.1 Å². The summed E-state index contributed by atoms with van der Waals surface area (Å²) in [6, 6.07) is 8.83. The molecule has 1 aliphatic rings. The van der Waals surface area contributed by atoms with Gasteiger partial charge in [0.25, 0.3) is 5.69 Å². The van der Waals surface area contributed by atoms with E-state index in [4.69, 9.17) is 0 Å². The first-order chi connectivity index (χ1) is 12.7. The van der Waals surface area contributed by atoms with E-state index in [9.17, 15) is 23.7 Å². The average Bonchev–Trinajstić information content (AvgIpc) is 2.93. The number of fused-ring (bicyclic) bond motifs is 1. The quantitative estimate of drug-likeness (QED) is 0.636. The lowest BCUT2D eigenvalue weighted by molar-refractivity contribution is -0.384. The molecule has 0 saturated carbocycles. The molecule has 1 atom stereocenters. The van der Waals surface area contributed by atoms with Gasteiger partial charge in [-0.15, -0.1) is 8.78 Å². The van der Waals surface area contributed by atoms with E-state index in [-0.39, 0.29) is 22.9 Å². The number of urea groups is 1. The molecule has 3 rings (SSSR count). The summed E-state index contributed by atoms with van der Waals surface area (Å²) in [4.78, 5) is 24.1. The number of hydrogen-bond acceptors (Lipinski definition) is 5. The lowest BCUT2D eigenvalue weighted by Crippen LogP contribution is -2.33. The molecular formula is C17H15F2N3O5. The first-order valence-corrected chi connectivity index (χ1v) is 7.84. The minimum atomic E-state index is -3.74. The molecule has 1 unspecified atom stereocenters. The second-order valence-electron chi connectivity index (χ2n) is 5.90. The largest absolute Gasteiger partial charge is 0.586 e. The second kappa shape index (κ2) is 6.71. The molecule has 2 aromatic rings. The van der Waals surface area contributed by atoms with Crippen LogP contribution in [-0.4, -0.2) is 29.2 Å². The van der Waals surface area contributed by atoms with Crippen LogP contribution in [0.1, 0.15) is 18.5 Å². The zero-order valence-corrected chi connectivity index (χ0v) is 14.3. The number of carbonyl (C=O) groups excluding carboxylic acids is 1. The molecule has 1 N–H and O–H groups in total. The zero-order chi connectivity index (χ0) is 19.8. The number of nitrogens with one attached hydrogen (secondary N) is 1. The zero-order valence-electron chi connectivity index (χ0n) is 14.3. The van der Waals surface area contributed by atoms with Crippen molar-refractivity contribution in [2.24, 2.45) is 0 Å². The number of anilines is 1. The van der Waals surface area contributed by atoms with E-state index in [1.807, 2.05) is 0 Å². The molecule has 1 aliphatic heterocycles. The van der Waals surface area contributed by atoms with Gasteiger partial charge in [-0.25, -0.2) is 4.79 Å². The van der Waals surface area contributed by atoms with Gasteiger partial charge in [0, 0.05) is 30.9 Å². The third kappa shape index (κ3) is 3.89. The molecule has 2 aromatic carbocycles. The summed E-state index contributed by atoms with van der Waals surface area (Å²) in [5.41, 5.74) is 0.732. The standard InChI is InChI=1S/C17H15F2N3O5/c1-10(11-4-3-5-13(8-11)22(24)25)21(2)16(23)20-12-6-7-14-15(9-12)27-17(18,19)26-14/h3-10H,1-2H3,(H,20,23). The fraction of sp³-hybridized carbons (Fsp3) is 0.235. The predicted molar refractivity (Wildman–Crippen MR) is 90.9 cm³/mol. The maximum atomic E-state index is 13.1. The third-order valence-electron chi connectivity index (χ3n) is 4.12. The van der Waals surface area contributed by atoms with Crippen LogP contribution in [0.4, 0.5) is 25.0 Å². The highest BCUT2D eigenvalue weighted by molar-refractivity contribution is 5.89. The summed E-state index contributed by atoms with van der Waals surface area (Å²) < 4.78 is 34.7. The van der Waals surface area contributed by atoms with E-state index < -0.39 is 23.3 Å². The monoisotopic (exact) mass is 379 g/mol. The topological polar surface area (TPSA) is 93.9 Å². The molecule has 0 aliphatic carbocycles. The van der Waals surface area contributed by atoms with Crippen molar-refractivity contribution in [2.45, 2.75) is 19.3 Å². The Kier molecular flexibility index (Phi) is 4.56. The number of rotatable bonds is 4. The highest BCUT2D eigenvalue weighted by Crippen LogP contribution is 2.42. The molecule has 1 heterocycles. The number of ether oxygens (including phenoxy) is 2. The average molecular weight is 379 g/mol. The van der Waals surface area contributed by atoms with Gasteiger partial charge in [0.2, 0.25) is 0 Å². The van der Waals surface area contributed by atoms with Gasteiger partial charge in [0.1, 0.15) is 0 Å². The van der Waals surface area contributed by atoms with Crippen LogP contribution in [0.15, 0.2) is 42.5 Å². The Morgan fingerprint density at radius 3 is 2.63 bits per heavy atom. The lowest BCUT2D eigenvalue weighted by Gasteiger charge is -2.25. The third-order valence-corrected chi connectivity index (χ3v) is 4.12. The van der Waals surface area contributed by atoms with Crippen molar-refractivity contribution in [2.75, 3.05) is 12.4 Å². The van der Waals surface area contributed by atoms with Crippen LogP contribution >= 0.6 is 0 Å². The Morgan fingerprint density at radius 1 is 1.22 bits per heavy atom. The van der Waals surface area contributed by atoms with E-state index in [1.54, 1.807) is 13.0 Å². The molecular weight excluding hydrogens is 364 g/mol. The van der Waals surface area contributed by atoms with Crippen LogP contribution in [-0.2, 0) is 0 Å². The second-order valence-corrected chi connectivity index (χ2v) is 5.90. The van der Waals surface area contributed by atoms with Gasteiger partial charge in [-0.05, 0) is 24.6 Å². The number of alkyl halides is 2. The maximum absolute atomic E-state index is 13.1. The highest BCUT2D eigenvalue weighted by Gasteiger charge is 2.43. The number of amides is 2. The molecule has 8 nitrogen and oxygen atoms in total. The van der Waals surface area contributed by atoms with Gasteiger partial charge in [-0.3, -0.25) is 10.1 Å². The molecule has 0 fully saturated rings. The Labute approximate surface area is 152 Å². The van der Waals surface area contributed by atoms with Gasteiger partial charge < -0.3 is 19.7 Å². The minimum absolute atomic E-state index is 0.0788. The molecule has 27 heavy (non-hydrogen) atoms. The van der Waals surface area contributed by atoms with E-state index in [0.717, 1.165) is 0 Å². The summed E-state index contributed by atoms with van der Waals surface area (Å²) >= 11 is 0. The number of hydrogen-bond donors (Lipinski definition) is 1. The van der Waals surface area contributed by atoms with Gasteiger partial charge in [0.05, 0.1) is 11.0 Å². The SMILES string of the molecule is CC(c1cccc([N+](=O)[O-])c1)N(C)C(=O)Nc1ccc2c(c1)OC(F)(F)O2. The summed E-state index contributed by atoms with van der Waals surface area (Å²) in [5, 5.41) is 13.5. The number of nitro benzene ring substituents is 1. The number of nitrogens with zero attached hydrogens (tertiary/aromatic N) is 2. The van der Waals surface area contributed by atoms with E-state index >= 15 is 0 Å². The molecule has 2 amide bonds. The fourth-order valence-electron chi connectivity index (χ4n) is 2.54. The van der Waals surface area contributed by atoms with Crippen molar-refractivity contribution >= 4 is 17.4 Å². The van der Waals surface area contributed by atoms with Crippen LogP contribution in [0.5, 0.6) is 11.5 Å². The van der Waals surface area contributed by atoms with Gasteiger partial charge in [0.15, 0.2) is 11.5 Å². The summed E-state index contributed by atoms with van der Waals surface area (Å²) in [6.45, 7) is 1.71. The van der Waals surface area contributed by atoms with Gasteiger partial charge in [-0.1, -0.05) is 12.1 Å². The summed E-state index contributed by atoms with van der Waals surface area (Å²) in [7, 11) is 1.51. The Morgan fingerprint density at radius 2 is 1.93 bits per heavy atom. The Balaban J connectivity index is 1.71. The normalized spacial score (nSPS) is 15.1. The number of halogens is 2. The Hall–Kier alpha value is -3.43. The summed E-state index contributed by atoms with van der Waals surface area (Å²) in [6.07, 6.45) is -3.74. The van der Waals surface area contributed by atoms with Crippen molar-refractivity contribution in [3.63, 3.8) is 0 Å². The fourth-order valence-corrected chi connectivity index (χ4v) is 2.54. The highest BCUT2D eigenvalue weighted by atomic mass is 19.3. The molecule has 0 aromatic heterocycles. The molecule has 0 bridgehead atoms. The molecule has 0 spiro atoms. The number of carbonyl (C=O) groups is 1. The first kappa shape index (κ1) is 18.4. The van der Waals surface area contributed by atoms with Crippen molar-refractivity contribution < 1.29 is 28.0 Å². The van der Waals surface area contributed by atoms with Crippen molar-refractivity contribution in [1.82, 2.24) is 4.90 Å². The molecule has 10 heteroatoms. The first-order valence-electron chi connectivity index (χ1n) is 7.84. The van der Waals surface area contributed by atoms with Crippen LogP contribution in [0.2, 0.25) is 0 Å². The van der Waals surface area contributed by atoms with E-state index in [2.05, 4.69) is 14.8 Å². The van der Waals surface area contributed by atoms with E-state index in [0.29, 0.717) is 5.56 Å².